The van der Waals surface area contributed by atoms with E-state index in [1.54, 1.807) is 12.3 Å². The maximum absolute atomic E-state index is 12.5. The smallest absolute Gasteiger partial charge is 0.274 e. The molecule has 3 rings (SSSR count). The minimum absolute atomic E-state index is 0.00859. The average Bonchev–Trinajstić information content (AvgIpc) is 2.99. The number of carbonyl (C=O) groups excluding carboxylic acids is 1. The molecule has 1 aliphatic heterocycles. The minimum Gasteiger partial charge on any atom is -0.330 e. The van der Waals surface area contributed by atoms with Crippen molar-refractivity contribution >= 4 is 29.1 Å². The van der Waals surface area contributed by atoms with E-state index in [1.807, 2.05) is 17.0 Å². The van der Waals surface area contributed by atoms with Gasteiger partial charge in [-0.1, -0.05) is 29.3 Å². The van der Waals surface area contributed by atoms with Gasteiger partial charge in [0.1, 0.15) is 5.69 Å². The molecule has 0 aliphatic carbocycles. The molecular formula is C15H13Cl2N3O. The largest absolute Gasteiger partial charge is 0.330 e. The molecule has 1 atom stereocenters. The molecule has 0 saturated carbocycles. The first kappa shape index (κ1) is 14.3. The lowest BCUT2D eigenvalue weighted by atomic mass is 10.0. The van der Waals surface area contributed by atoms with Crippen LogP contribution in [0.4, 0.5) is 0 Å². The van der Waals surface area contributed by atoms with Crippen LogP contribution in [0.1, 0.15) is 34.9 Å². The van der Waals surface area contributed by atoms with Gasteiger partial charge in [0.25, 0.3) is 5.91 Å². The van der Waals surface area contributed by atoms with Crippen molar-refractivity contribution in [1.29, 1.82) is 0 Å². The van der Waals surface area contributed by atoms with Gasteiger partial charge in [0, 0.05) is 18.9 Å². The fourth-order valence-electron chi connectivity index (χ4n) is 2.63. The molecule has 4 nitrogen and oxygen atoms in total. The summed E-state index contributed by atoms with van der Waals surface area (Å²) in [5.41, 5.74) is 1.36. The lowest BCUT2D eigenvalue weighted by Gasteiger charge is -2.25. The Labute approximate surface area is 132 Å². The molecule has 21 heavy (non-hydrogen) atoms. The Morgan fingerprint density at radius 2 is 2.10 bits per heavy atom. The van der Waals surface area contributed by atoms with Gasteiger partial charge < -0.3 is 4.90 Å². The Kier molecular flexibility index (Phi) is 4.08. The summed E-state index contributed by atoms with van der Waals surface area (Å²) in [5.74, 6) is -0.100. The van der Waals surface area contributed by atoms with E-state index in [0.29, 0.717) is 22.3 Å². The molecule has 0 N–H and O–H groups in total. The van der Waals surface area contributed by atoms with E-state index in [1.165, 1.54) is 12.4 Å². The molecule has 1 unspecified atom stereocenters. The van der Waals surface area contributed by atoms with Gasteiger partial charge in [0.05, 0.1) is 22.3 Å². The summed E-state index contributed by atoms with van der Waals surface area (Å²) in [7, 11) is 0. The van der Waals surface area contributed by atoms with Crippen LogP contribution in [0.5, 0.6) is 0 Å². The van der Waals surface area contributed by atoms with Crippen LogP contribution in [0.2, 0.25) is 10.0 Å². The van der Waals surface area contributed by atoms with E-state index in [2.05, 4.69) is 9.97 Å². The highest BCUT2D eigenvalue weighted by atomic mass is 35.5. The molecule has 1 aromatic heterocycles. The third kappa shape index (κ3) is 2.87. The van der Waals surface area contributed by atoms with Gasteiger partial charge in [0.2, 0.25) is 0 Å². The van der Waals surface area contributed by atoms with Crippen molar-refractivity contribution in [2.24, 2.45) is 0 Å². The van der Waals surface area contributed by atoms with Gasteiger partial charge >= 0.3 is 0 Å². The van der Waals surface area contributed by atoms with Crippen molar-refractivity contribution in [2.75, 3.05) is 6.54 Å². The van der Waals surface area contributed by atoms with Crippen molar-refractivity contribution in [2.45, 2.75) is 18.9 Å². The standard InChI is InChI=1S/C15H13Cl2N3O/c16-11-4-3-10(8-12(11)17)14-2-1-7-20(14)15(21)13-9-18-5-6-19-13/h3-6,8-9,14H,1-2,7H2. The molecule has 0 spiro atoms. The van der Waals surface area contributed by atoms with Crippen molar-refractivity contribution in [3.8, 4) is 0 Å². The number of carbonyl (C=O) groups is 1. The van der Waals surface area contributed by atoms with Crippen LogP contribution in [-0.2, 0) is 0 Å². The lowest BCUT2D eigenvalue weighted by molar-refractivity contribution is 0.0729. The zero-order chi connectivity index (χ0) is 14.8. The van der Waals surface area contributed by atoms with Gasteiger partial charge in [-0.3, -0.25) is 9.78 Å². The van der Waals surface area contributed by atoms with Gasteiger partial charge in [-0.2, -0.15) is 0 Å². The van der Waals surface area contributed by atoms with Gasteiger partial charge in [0.15, 0.2) is 0 Å². The number of nitrogens with zero attached hydrogens (tertiary/aromatic N) is 3. The summed E-state index contributed by atoms with van der Waals surface area (Å²) in [6, 6.07) is 5.52. The molecule has 1 amide bonds. The quantitative estimate of drug-likeness (QED) is 0.846. The number of likely N-dealkylation sites (tertiary alicyclic amines) is 1. The second-order valence-corrected chi connectivity index (χ2v) is 5.74. The predicted octanol–water partition coefficient (Wildman–Crippen LogP) is 3.76. The fraction of sp³-hybridized carbons (Fsp3) is 0.267. The van der Waals surface area contributed by atoms with Crippen molar-refractivity contribution in [3.63, 3.8) is 0 Å². The van der Waals surface area contributed by atoms with E-state index in [0.717, 1.165) is 18.4 Å². The van der Waals surface area contributed by atoms with E-state index in [-0.39, 0.29) is 11.9 Å². The summed E-state index contributed by atoms with van der Waals surface area (Å²) >= 11 is 12.0. The monoisotopic (exact) mass is 321 g/mol. The van der Waals surface area contributed by atoms with Crippen LogP contribution in [0.25, 0.3) is 0 Å². The average molecular weight is 322 g/mol. The molecular weight excluding hydrogens is 309 g/mol. The molecule has 1 saturated heterocycles. The third-order valence-corrected chi connectivity index (χ3v) is 4.36. The van der Waals surface area contributed by atoms with Crippen LogP contribution < -0.4 is 0 Å². The zero-order valence-corrected chi connectivity index (χ0v) is 12.7. The van der Waals surface area contributed by atoms with Gasteiger partial charge in [-0.25, -0.2) is 4.98 Å². The summed E-state index contributed by atoms with van der Waals surface area (Å²) in [6.07, 6.45) is 6.43. The van der Waals surface area contributed by atoms with Crippen molar-refractivity contribution in [1.82, 2.24) is 14.9 Å². The Morgan fingerprint density at radius 3 is 2.81 bits per heavy atom. The predicted molar refractivity (Wildman–Crippen MR) is 81.5 cm³/mol. The summed E-state index contributed by atoms with van der Waals surface area (Å²) in [4.78, 5) is 22.4. The Balaban J connectivity index is 1.88. The molecule has 1 aromatic carbocycles. The molecule has 2 aromatic rings. The minimum atomic E-state index is -0.100. The van der Waals surface area contributed by atoms with Crippen molar-refractivity contribution < 1.29 is 4.79 Å². The topological polar surface area (TPSA) is 46.1 Å². The number of hydrogen-bond acceptors (Lipinski definition) is 3. The number of amides is 1. The maximum atomic E-state index is 12.5. The number of hydrogen-bond donors (Lipinski definition) is 0. The van der Waals surface area contributed by atoms with E-state index < -0.39 is 0 Å². The number of benzene rings is 1. The van der Waals surface area contributed by atoms with E-state index in [9.17, 15) is 4.79 Å². The number of aromatic nitrogens is 2. The van der Waals surface area contributed by atoms with E-state index in [4.69, 9.17) is 23.2 Å². The first-order chi connectivity index (χ1) is 10.2. The molecule has 2 heterocycles. The Hall–Kier alpha value is -1.65. The van der Waals surface area contributed by atoms with Crippen LogP contribution in [-0.4, -0.2) is 27.3 Å². The molecule has 0 radical (unpaired) electrons. The molecule has 108 valence electrons. The molecule has 0 bridgehead atoms. The lowest BCUT2D eigenvalue weighted by Crippen LogP contribution is -2.31. The zero-order valence-electron chi connectivity index (χ0n) is 11.2. The van der Waals surface area contributed by atoms with Crippen LogP contribution in [0.15, 0.2) is 36.8 Å². The highest BCUT2D eigenvalue weighted by Crippen LogP contribution is 2.35. The summed E-state index contributed by atoms with van der Waals surface area (Å²) in [5, 5.41) is 1.03. The molecule has 1 fully saturated rings. The van der Waals surface area contributed by atoms with Crippen molar-refractivity contribution in [3.05, 3.63) is 58.1 Å². The SMILES string of the molecule is O=C(c1cnccn1)N1CCCC1c1ccc(Cl)c(Cl)c1. The molecule has 6 heteroatoms. The molecule has 1 aliphatic rings. The number of halogens is 2. The van der Waals surface area contributed by atoms with E-state index >= 15 is 0 Å². The van der Waals surface area contributed by atoms with Gasteiger partial charge in [-0.05, 0) is 30.5 Å². The number of rotatable bonds is 2. The van der Waals surface area contributed by atoms with Crippen LogP contribution >= 0.6 is 23.2 Å². The second kappa shape index (κ2) is 6.00. The maximum Gasteiger partial charge on any atom is 0.274 e. The Morgan fingerprint density at radius 1 is 1.24 bits per heavy atom. The van der Waals surface area contributed by atoms with Gasteiger partial charge in [-0.15, -0.1) is 0 Å². The van der Waals surface area contributed by atoms with Crippen LogP contribution in [0, 0.1) is 0 Å². The first-order valence-corrected chi connectivity index (χ1v) is 7.44. The second-order valence-electron chi connectivity index (χ2n) is 4.92. The summed E-state index contributed by atoms with van der Waals surface area (Å²) < 4.78 is 0. The highest BCUT2D eigenvalue weighted by molar-refractivity contribution is 6.42. The third-order valence-electron chi connectivity index (χ3n) is 3.62. The van der Waals surface area contributed by atoms with Crippen LogP contribution in [0.3, 0.4) is 0 Å². The first-order valence-electron chi connectivity index (χ1n) is 6.69. The highest BCUT2D eigenvalue weighted by Gasteiger charge is 2.31. The normalized spacial score (nSPS) is 18.0. The summed E-state index contributed by atoms with van der Waals surface area (Å²) in [6.45, 7) is 0.709. The fourth-order valence-corrected chi connectivity index (χ4v) is 2.94. The Bertz CT molecular complexity index is 663.